The van der Waals surface area contributed by atoms with Crippen LogP contribution in [0.5, 0.6) is 0 Å². The molecule has 0 saturated carbocycles. The molecule has 6 heteroatoms. The van der Waals surface area contributed by atoms with E-state index in [2.05, 4.69) is 20.6 Å². The minimum atomic E-state index is -3.87. The molecule has 1 atom stereocenters. The van der Waals surface area contributed by atoms with E-state index in [4.69, 9.17) is 0 Å². The van der Waals surface area contributed by atoms with Crippen LogP contribution in [0.15, 0.2) is 87.9 Å². The van der Waals surface area contributed by atoms with Gasteiger partial charge in [0, 0.05) is 0 Å². The number of benzene rings is 2. The average molecular weight is 495 g/mol. The van der Waals surface area contributed by atoms with Gasteiger partial charge in [0.15, 0.2) is 0 Å². The Bertz CT molecular complexity index is 1140. The van der Waals surface area contributed by atoms with Crippen molar-refractivity contribution in [1.29, 1.82) is 0 Å². The molecule has 2 aromatic rings. The second kappa shape index (κ2) is 8.44. The van der Waals surface area contributed by atoms with E-state index in [-0.39, 0.29) is 21.2 Å². The zero-order chi connectivity index (χ0) is 20.1. The topological polar surface area (TPSA) is 68.3 Å². The number of hydrogen-bond donors (Lipinski definition) is 0. The third-order valence-electron chi connectivity index (χ3n) is 4.56. The molecule has 0 heterocycles. The Balaban J connectivity index is 2.48. The van der Waals surface area contributed by atoms with E-state index in [1.54, 1.807) is 23.9 Å². The predicted molar refractivity (Wildman–Crippen MR) is 112 cm³/mol. The van der Waals surface area contributed by atoms with Gasteiger partial charge >= 0.3 is 172 Å². The van der Waals surface area contributed by atoms with Crippen LogP contribution < -0.4 is 8.70 Å². The molecule has 136 valence electrons. The van der Waals surface area contributed by atoms with E-state index in [1.807, 2.05) is 60.7 Å². The molecule has 4 nitrogen and oxygen atoms in total. The summed E-state index contributed by atoms with van der Waals surface area (Å²) >= 11 is -0.591. The molecule has 0 saturated heterocycles. The third-order valence-corrected chi connectivity index (χ3v) is 13.1. The molecule has 3 rings (SSSR count). The van der Waals surface area contributed by atoms with Crippen molar-refractivity contribution < 1.29 is 19.2 Å². The Morgan fingerprint density at radius 2 is 1.21 bits per heavy atom. The maximum atomic E-state index is 12.6. The molecule has 0 spiro atoms. The van der Waals surface area contributed by atoms with Crippen molar-refractivity contribution in [2.75, 3.05) is 0 Å². The number of rotatable bonds is 3. The summed E-state index contributed by atoms with van der Waals surface area (Å²) in [4.78, 5) is 47.4. The number of halogens is 1. The zero-order valence-electron chi connectivity index (χ0n) is 14.4. The summed E-state index contributed by atoms with van der Waals surface area (Å²) in [6, 6.07) is 18.2. The molecule has 0 amide bonds. The standard InChI is InChI=1S/C22H12AsBrO4/c24-22-11-21(19(13-26)18(12-25)20(22)14-27)23(15-28,16-7-3-1-4-8-16)17-9-5-2-6-10-17/h1-11,21H. The zero-order valence-corrected chi connectivity index (χ0v) is 17.8. The van der Waals surface area contributed by atoms with E-state index in [0.29, 0.717) is 0 Å². The number of hydrogen-bond acceptors (Lipinski definition) is 4. The Hall–Kier alpha value is -2.85. The Morgan fingerprint density at radius 3 is 1.61 bits per heavy atom. The molecule has 0 bridgehead atoms. The van der Waals surface area contributed by atoms with Crippen LogP contribution in [0.3, 0.4) is 0 Å². The predicted octanol–water partition coefficient (Wildman–Crippen LogP) is 1.84. The first-order chi connectivity index (χ1) is 13.6. The summed E-state index contributed by atoms with van der Waals surface area (Å²) < 4.78 is 3.31. The van der Waals surface area contributed by atoms with Gasteiger partial charge in [0.05, 0.1) is 0 Å². The van der Waals surface area contributed by atoms with Gasteiger partial charge in [-0.25, -0.2) is 0 Å². The SMILES string of the molecule is O=C=C1C(=C=O)C(Br)=CC([As](=C=O)(c2ccccc2)c2ccccc2)C1=C=O. The van der Waals surface area contributed by atoms with Crippen LogP contribution in [0.2, 0.25) is 4.71 Å². The van der Waals surface area contributed by atoms with Gasteiger partial charge in [0.2, 0.25) is 0 Å². The normalized spacial score (nSPS) is 16.4. The van der Waals surface area contributed by atoms with Crippen LogP contribution in [0.25, 0.3) is 0 Å². The van der Waals surface area contributed by atoms with Crippen molar-refractivity contribution in [2.24, 2.45) is 0 Å². The van der Waals surface area contributed by atoms with E-state index in [1.165, 1.54) is 0 Å². The van der Waals surface area contributed by atoms with Crippen molar-refractivity contribution in [2.45, 2.75) is 4.71 Å². The Labute approximate surface area is 171 Å². The first-order valence-electron chi connectivity index (χ1n) is 8.17. The van der Waals surface area contributed by atoms with Crippen LogP contribution in [-0.2, 0) is 19.2 Å². The van der Waals surface area contributed by atoms with Gasteiger partial charge in [-0.3, -0.25) is 0 Å². The molecule has 0 aliphatic heterocycles. The van der Waals surface area contributed by atoms with Crippen LogP contribution in [0.1, 0.15) is 0 Å². The Morgan fingerprint density at radius 1 is 0.714 bits per heavy atom. The molecular weight excluding hydrogens is 483 g/mol. The molecule has 1 aliphatic carbocycles. The summed E-state index contributed by atoms with van der Waals surface area (Å²) in [5, 5.41) is 0. The summed E-state index contributed by atoms with van der Waals surface area (Å²) in [7, 11) is 0. The van der Waals surface area contributed by atoms with E-state index in [9.17, 15) is 19.2 Å². The quantitative estimate of drug-likeness (QED) is 0.482. The van der Waals surface area contributed by atoms with Gasteiger partial charge < -0.3 is 0 Å². The second-order valence-electron chi connectivity index (χ2n) is 5.91. The van der Waals surface area contributed by atoms with Crippen LogP contribution in [0, 0.1) is 0 Å². The third kappa shape index (κ3) is 3.14. The average Bonchev–Trinajstić information content (AvgIpc) is 2.75. The monoisotopic (exact) mass is 494 g/mol. The van der Waals surface area contributed by atoms with E-state index >= 15 is 0 Å². The molecule has 1 aliphatic rings. The fourth-order valence-corrected chi connectivity index (χ4v) is 11.6. The van der Waals surface area contributed by atoms with Gasteiger partial charge in [0.25, 0.3) is 0 Å². The fourth-order valence-electron chi connectivity index (χ4n) is 3.29. The van der Waals surface area contributed by atoms with Crippen LogP contribution in [0.4, 0.5) is 0 Å². The molecule has 28 heavy (non-hydrogen) atoms. The van der Waals surface area contributed by atoms with Gasteiger partial charge in [-0.1, -0.05) is 0 Å². The van der Waals surface area contributed by atoms with E-state index < -0.39 is 17.8 Å². The molecule has 1 unspecified atom stereocenters. The first kappa shape index (κ1) is 19.9. The van der Waals surface area contributed by atoms with Crippen molar-refractivity contribution in [3.05, 3.63) is 87.9 Å². The summed E-state index contributed by atoms with van der Waals surface area (Å²) in [6.07, 6.45) is 1.61. The molecule has 0 radical (unpaired) electrons. The molecule has 0 N–H and O–H groups in total. The second-order valence-corrected chi connectivity index (χ2v) is 13.5. The van der Waals surface area contributed by atoms with Gasteiger partial charge in [-0.2, -0.15) is 0 Å². The van der Waals surface area contributed by atoms with Crippen molar-refractivity contribution in [3.8, 4) is 0 Å². The minimum absolute atomic E-state index is 0.0693. The molecule has 0 fully saturated rings. The molecular formula is C22H12AsBrO4. The van der Waals surface area contributed by atoms with Gasteiger partial charge in [-0.05, 0) is 0 Å². The Kier molecular flexibility index (Phi) is 6.00. The fraction of sp³-hybridized carbons (Fsp3) is 0.0455. The summed E-state index contributed by atoms with van der Waals surface area (Å²) in [5.74, 6) is 5.11. The van der Waals surface area contributed by atoms with Crippen molar-refractivity contribution >= 4 is 60.2 Å². The van der Waals surface area contributed by atoms with Crippen LogP contribution >= 0.6 is 15.9 Å². The van der Waals surface area contributed by atoms with Crippen LogP contribution in [-0.4, -0.2) is 35.6 Å². The first-order valence-corrected chi connectivity index (χ1v) is 12.9. The van der Waals surface area contributed by atoms with E-state index in [0.717, 1.165) is 8.70 Å². The van der Waals surface area contributed by atoms with Gasteiger partial charge in [0.1, 0.15) is 0 Å². The molecule has 0 aromatic heterocycles. The van der Waals surface area contributed by atoms with Crippen molar-refractivity contribution in [1.82, 2.24) is 0 Å². The van der Waals surface area contributed by atoms with Gasteiger partial charge in [-0.15, -0.1) is 0 Å². The number of carbonyl (C=O) groups excluding carboxylic acids is 4. The maximum absolute atomic E-state index is 12.6. The summed E-state index contributed by atoms with van der Waals surface area (Å²) in [5.41, 5.74) is -0.400. The number of allylic oxidation sites excluding steroid dienone is 5. The van der Waals surface area contributed by atoms with Crippen molar-refractivity contribution in [3.63, 3.8) is 0 Å². The summed E-state index contributed by atoms with van der Waals surface area (Å²) in [6.45, 7) is 0. The molecule has 2 aromatic carbocycles.